The molecule has 1 saturated heterocycles. The van der Waals surface area contributed by atoms with E-state index >= 15 is 0 Å². The number of sulfonamides is 1. The van der Waals surface area contributed by atoms with Gasteiger partial charge in [0.15, 0.2) is 5.13 Å². The van der Waals surface area contributed by atoms with Crippen molar-refractivity contribution >= 4 is 65.6 Å². The average Bonchev–Trinajstić information content (AvgIpc) is 3.32. The van der Waals surface area contributed by atoms with E-state index in [1.54, 1.807) is 23.6 Å². The Kier molecular flexibility index (Phi) is 5.21. The van der Waals surface area contributed by atoms with Crippen LogP contribution in [0.15, 0.2) is 39.9 Å². The van der Waals surface area contributed by atoms with Crippen LogP contribution in [-0.2, 0) is 14.8 Å². The first-order valence-corrected chi connectivity index (χ1v) is 11.9. The molecule has 0 saturated carbocycles. The number of nitrogens with zero attached hydrogens (tertiary/aromatic N) is 2. The van der Waals surface area contributed by atoms with Gasteiger partial charge in [-0.15, -0.1) is 11.3 Å². The fourth-order valence-electron chi connectivity index (χ4n) is 3.14. The summed E-state index contributed by atoms with van der Waals surface area (Å²) in [6.45, 7) is 0.337. The van der Waals surface area contributed by atoms with Crippen LogP contribution in [0.1, 0.15) is 19.3 Å². The molecule has 1 N–H and O–H groups in total. The monoisotopic (exact) mass is 441 g/mol. The number of benzene rings is 1. The van der Waals surface area contributed by atoms with Gasteiger partial charge in [0, 0.05) is 6.54 Å². The van der Waals surface area contributed by atoms with Gasteiger partial charge in [-0.1, -0.05) is 41.5 Å². The molecular weight excluding hydrogens is 426 g/mol. The third-order valence-electron chi connectivity index (χ3n) is 4.41. The summed E-state index contributed by atoms with van der Waals surface area (Å²) in [5, 5.41) is 5.44. The molecule has 1 atom stereocenters. The number of hydrogen-bond acceptors (Lipinski definition) is 6. The van der Waals surface area contributed by atoms with Crippen molar-refractivity contribution in [3.63, 3.8) is 0 Å². The van der Waals surface area contributed by atoms with E-state index in [9.17, 15) is 13.2 Å². The number of carbonyl (C=O) groups excluding carboxylic acids is 1. The molecule has 1 aliphatic rings. The van der Waals surface area contributed by atoms with E-state index in [1.807, 2.05) is 12.1 Å². The fraction of sp³-hybridized carbons (Fsp3) is 0.294. The molecule has 10 heteroatoms. The van der Waals surface area contributed by atoms with Gasteiger partial charge in [-0.25, -0.2) is 13.4 Å². The van der Waals surface area contributed by atoms with Crippen molar-refractivity contribution in [3.05, 3.63) is 40.7 Å². The molecule has 0 bridgehead atoms. The highest BCUT2D eigenvalue weighted by atomic mass is 35.5. The molecule has 3 heterocycles. The Morgan fingerprint density at radius 1 is 1.26 bits per heavy atom. The number of para-hydroxylation sites is 1. The highest BCUT2D eigenvalue weighted by molar-refractivity contribution is 7.91. The second kappa shape index (κ2) is 7.48. The number of aromatic nitrogens is 1. The first kappa shape index (κ1) is 18.8. The van der Waals surface area contributed by atoms with E-state index in [2.05, 4.69) is 10.3 Å². The highest BCUT2D eigenvalue weighted by Gasteiger charge is 2.38. The Labute approximate surface area is 169 Å². The Morgan fingerprint density at radius 2 is 2.11 bits per heavy atom. The van der Waals surface area contributed by atoms with E-state index in [1.165, 1.54) is 15.6 Å². The average molecular weight is 442 g/mol. The van der Waals surface area contributed by atoms with Gasteiger partial charge in [-0.05, 0) is 36.4 Å². The Balaban J connectivity index is 1.59. The molecular formula is C17H16ClN3O3S3. The normalized spacial score (nSPS) is 18.6. The summed E-state index contributed by atoms with van der Waals surface area (Å²) in [5.41, 5.74) is 0.631. The van der Waals surface area contributed by atoms with Gasteiger partial charge in [-0.2, -0.15) is 4.31 Å². The number of fused-ring (bicyclic) bond motifs is 1. The van der Waals surface area contributed by atoms with Gasteiger partial charge in [0.1, 0.15) is 15.8 Å². The van der Waals surface area contributed by atoms with Crippen LogP contribution in [0.4, 0.5) is 5.13 Å². The second-order valence-electron chi connectivity index (χ2n) is 6.15. The van der Waals surface area contributed by atoms with Crippen LogP contribution < -0.4 is 5.32 Å². The molecule has 142 valence electrons. The standard InChI is InChI=1S/C17H16ClN3O3S3/c18-11-5-3-7-13-15(11)19-17(26-13)20-16(22)12-6-1-2-9-21(12)27(23,24)14-8-4-10-25-14/h3-5,7-8,10,12H,1-2,6,9H2,(H,19,20,22). The summed E-state index contributed by atoms with van der Waals surface area (Å²) < 4.78 is 28.3. The number of carbonyl (C=O) groups is 1. The first-order valence-electron chi connectivity index (χ1n) is 8.38. The van der Waals surface area contributed by atoms with Crippen LogP contribution in [0, 0.1) is 0 Å². The summed E-state index contributed by atoms with van der Waals surface area (Å²) in [7, 11) is -3.68. The molecule has 4 rings (SSSR count). The molecule has 1 aliphatic heterocycles. The molecule has 0 radical (unpaired) electrons. The maximum Gasteiger partial charge on any atom is 0.253 e. The van der Waals surface area contributed by atoms with Gasteiger partial charge in [0.25, 0.3) is 10.0 Å². The number of hydrogen-bond donors (Lipinski definition) is 1. The van der Waals surface area contributed by atoms with Crippen molar-refractivity contribution in [2.24, 2.45) is 0 Å². The number of halogens is 1. The van der Waals surface area contributed by atoms with Crippen LogP contribution in [0.25, 0.3) is 10.2 Å². The summed E-state index contributed by atoms with van der Waals surface area (Å²) in [6, 6.07) is 7.97. The zero-order valence-electron chi connectivity index (χ0n) is 14.1. The molecule has 1 amide bonds. The minimum absolute atomic E-state index is 0.258. The van der Waals surface area contributed by atoms with Crippen LogP contribution in [0.3, 0.4) is 0 Å². The lowest BCUT2D eigenvalue weighted by molar-refractivity contribution is -0.120. The van der Waals surface area contributed by atoms with Crippen LogP contribution in [0.2, 0.25) is 5.02 Å². The number of anilines is 1. The van der Waals surface area contributed by atoms with Gasteiger partial charge < -0.3 is 5.32 Å². The molecule has 1 aromatic carbocycles. The number of thiophene rings is 1. The molecule has 3 aromatic rings. The predicted molar refractivity (Wildman–Crippen MR) is 109 cm³/mol. The highest BCUT2D eigenvalue weighted by Crippen LogP contribution is 2.32. The lowest BCUT2D eigenvalue weighted by atomic mass is 10.0. The Morgan fingerprint density at radius 3 is 2.85 bits per heavy atom. The lowest BCUT2D eigenvalue weighted by Gasteiger charge is -2.32. The SMILES string of the molecule is O=C(Nc1nc2c(Cl)cccc2s1)C1CCCCN1S(=O)(=O)c1cccs1. The lowest BCUT2D eigenvalue weighted by Crippen LogP contribution is -2.49. The van der Waals surface area contributed by atoms with Gasteiger partial charge in [-0.3, -0.25) is 4.79 Å². The van der Waals surface area contributed by atoms with E-state index in [0.29, 0.717) is 28.6 Å². The molecule has 0 spiro atoms. The summed E-state index contributed by atoms with van der Waals surface area (Å²) in [5.74, 6) is -0.356. The maximum absolute atomic E-state index is 12.9. The number of amides is 1. The van der Waals surface area contributed by atoms with Crippen molar-refractivity contribution < 1.29 is 13.2 Å². The van der Waals surface area contributed by atoms with Crippen LogP contribution in [-0.4, -0.2) is 36.2 Å². The number of thiazole rings is 1. The minimum atomic E-state index is -3.68. The minimum Gasteiger partial charge on any atom is -0.301 e. The first-order chi connectivity index (χ1) is 13.0. The van der Waals surface area contributed by atoms with Crippen molar-refractivity contribution in [3.8, 4) is 0 Å². The summed E-state index contributed by atoms with van der Waals surface area (Å²) in [4.78, 5) is 17.2. The third kappa shape index (κ3) is 3.62. The molecule has 27 heavy (non-hydrogen) atoms. The quantitative estimate of drug-likeness (QED) is 0.658. The van der Waals surface area contributed by atoms with Crippen molar-refractivity contribution in [1.29, 1.82) is 0 Å². The fourth-order valence-corrected chi connectivity index (χ4v) is 7.08. The van der Waals surface area contributed by atoms with Crippen molar-refractivity contribution in [1.82, 2.24) is 9.29 Å². The zero-order valence-corrected chi connectivity index (χ0v) is 17.3. The van der Waals surface area contributed by atoms with Gasteiger partial charge in [0.2, 0.25) is 5.91 Å². The molecule has 1 fully saturated rings. The summed E-state index contributed by atoms with van der Waals surface area (Å²) >= 11 is 8.62. The largest absolute Gasteiger partial charge is 0.301 e. The topological polar surface area (TPSA) is 79.4 Å². The number of nitrogens with one attached hydrogen (secondary N) is 1. The molecule has 0 aliphatic carbocycles. The van der Waals surface area contributed by atoms with E-state index in [4.69, 9.17) is 11.6 Å². The second-order valence-corrected chi connectivity index (χ2v) is 10.7. The van der Waals surface area contributed by atoms with Gasteiger partial charge >= 0.3 is 0 Å². The zero-order chi connectivity index (χ0) is 19.0. The maximum atomic E-state index is 12.9. The van der Waals surface area contributed by atoms with Gasteiger partial charge in [0.05, 0.1) is 9.72 Å². The van der Waals surface area contributed by atoms with E-state index in [0.717, 1.165) is 28.9 Å². The summed E-state index contributed by atoms with van der Waals surface area (Å²) in [6.07, 6.45) is 2.04. The third-order valence-corrected chi connectivity index (χ3v) is 8.94. The Hall–Kier alpha value is -1.52. The number of piperidine rings is 1. The van der Waals surface area contributed by atoms with Crippen molar-refractivity contribution in [2.75, 3.05) is 11.9 Å². The smallest absolute Gasteiger partial charge is 0.253 e. The number of rotatable bonds is 4. The van der Waals surface area contributed by atoms with Crippen LogP contribution in [0.5, 0.6) is 0 Å². The van der Waals surface area contributed by atoms with Crippen molar-refractivity contribution in [2.45, 2.75) is 29.5 Å². The van der Waals surface area contributed by atoms with Crippen LogP contribution >= 0.6 is 34.3 Å². The molecule has 6 nitrogen and oxygen atoms in total. The predicted octanol–water partition coefficient (Wildman–Crippen LogP) is 4.19. The van der Waals surface area contributed by atoms with E-state index in [-0.39, 0.29) is 10.1 Å². The molecule has 1 unspecified atom stereocenters. The molecule has 2 aromatic heterocycles. The van der Waals surface area contributed by atoms with E-state index < -0.39 is 16.1 Å². The Bertz CT molecular complexity index is 1080.